The lowest BCUT2D eigenvalue weighted by Gasteiger charge is -2.44. The van der Waals surface area contributed by atoms with Gasteiger partial charge in [0, 0.05) is 22.2 Å². The summed E-state index contributed by atoms with van der Waals surface area (Å²) in [7, 11) is 0. The molecule has 0 atom stereocenters. The minimum absolute atomic E-state index is 0.109. The van der Waals surface area contributed by atoms with Crippen LogP contribution in [0.25, 0.3) is 11.1 Å². The van der Waals surface area contributed by atoms with Gasteiger partial charge in [-0.15, -0.1) is 0 Å². The SMILES string of the molecule is CC1(C)c2ccccc2N(c2ccc3c(c2)C(C)(C)c2cc(-c4ccc(C#N)cc4)ccc2N3c2ccccc2)c2ccccc21. The molecule has 0 bridgehead atoms. The predicted molar refractivity (Wildman–Crippen MR) is 190 cm³/mol. The van der Waals surface area contributed by atoms with Crippen molar-refractivity contribution in [2.75, 3.05) is 9.80 Å². The molecule has 0 spiro atoms. The van der Waals surface area contributed by atoms with E-state index in [0.29, 0.717) is 5.56 Å². The van der Waals surface area contributed by atoms with Crippen LogP contribution in [0.15, 0.2) is 140 Å². The Morgan fingerprint density at radius 2 is 0.913 bits per heavy atom. The summed E-state index contributed by atoms with van der Waals surface area (Å²) in [4.78, 5) is 4.85. The zero-order chi connectivity index (χ0) is 31.6. The van der Waals surface area contributed by atoms with Gasteiger partial charge in [0.25, 0.3) is 0 Å². The maximum atomic E-state index is 9.35. The van der Waals surface area contributed by atoms with Crippen molar-refractivity contribution < 1.29 is 0 Å². The highest BCUT2D eigenvalue weighted by Gasteiger charge is 2.40. The molecule has 0 unspecified atom stereocenters. The number of hydrogen-bond donors (Lipinski definition) is 0. The number of nitrogens with zero attached hydrogens (tertiary/aromatic N) is 3. The van der Waals surface area contributed by atoms with E-state index >= 15 is 0 Å². The van der Waals surface area contributed by atoms with Crippen LogP contribution in [0.3, 0.4) is 0 Å². The van der Waals surface area contributed by atoms with E-state index in [1.165, 1.54) is 45.0 Å². The monoisotopic (exact) mass is 593 g/mol. The summed E-state index contributed by atoms with van der Waals surface area (Å²) >= 11 is 0. The highest BCUT2D eigenvalue weighted by molar-refractivity contribution is 5.91. The summed E-state index contributed by atoms with van der Waals surface area (Å²) < 4.78 is 0. The molecule has 3 nitrogen and oxygen atoms in total. The van der Waals surface area contributed by atoms with Crippen LogP contribution in [0.4, 0.5) is 34.1 Å². The maximum absolute atomic E-state index is 9.35. The molecule has 8 rings (SSSR count). The van der Waals surface area contributed by atoms with Gasteiger partial charge in [-0.3, -0.25) is 0 Å². The van der Waals surface area contributed by atoms with Crippen LogP contribution in [0.5, 0.6) is 0 Å². The van der Waals surface area contributed by atoms with Crippen molar-refractivity contribution in [1.82, 2.24) is 0 Å². The molecule has 0 fully saturated rings. The molecule has 0 aliphatic carbocycles. The van der Waals surface area contributed by atoms with Crippen molar-refractivity contribution in [1.29, 1.82) is 5.26 Å². The Labute approximate surface area is 271 Å². The second kappa shape index (κ2) is 10.2. The lowest BCUT2D eigenvalue weighted by atomic mass is 9.72. The van der Waals surface area contributed by atoms with E-state index in [1.54, 1.807) is 0 Å². The van der Waals surface area contributed by atoms with Gasteiger partial charge in [0.15, 0.2) is 0 Å². The molecule has 2 heterocycles. The number of fused-ring (bicyclic) bond motifs is 4. The summed E-state index contributed by atoms with van der Waals surface area (Å²) in [6.45, 7) is 9.36. The van der Waals surface area contributed by atoms with Crippen LogP contribution in [-0.2, 0) is 10.8 Å². The fourth-order valence-electron chi connectivity index (χ4n) is 7.58. The fraction of sp³-hybridized carbons (Fsp3) is 0.140. The first-order valence-electron chi connectivity index (χ1n) is 15.9. The molecule has 2 aliphatic heterocycles. The molecular weight excluding hydrogens is 558 g/mol. The number of nitriles is 1. The minimum atomic E-state index is -0.289. The Morgan fingerprint density at radius 1 is 0.435 bits per heavy atom. The first-order chi connectivity index (χ1) is 22.3. The Kier molecular flexibility index (Phi) is 6.21. The lowest BCUT2D eigenvalue weighted by molar-refractivity contribution is 0.628. The molecular formula is C43H35N3. The lowest BCUT2D eigenvalue weighted by Crippen LogP contribution is -2.32. The first-order valence-corrected chi connectivity index (χ1v) is 15.9. The Bertz CT molecular complexity index is 2120. The van der Waals surface area contributed by atoms with Gasteiger partial charge in [0.1, 0.15) is 0 Å². The van der Waals surface area contributed by atoms with Crippen LogP contribution < -0.4 is 9.80 Å². The van der Waals surface area contributed by atoms with Gasteiger partial charge in [-0.05, 0) is 100 Å². The fourth-order valence-corrected chi connectivity index (χ4v) is 7.58. The van der Waals surface area contributed by atoms with Gasteiger partial charge in [-0.2, -0.15) is 5.26 Å². The molecule has 6 aromatic rings. The summed E-state index contributed by atoms with van der Waals surface area (Å²) in [5.41, 5.74) is 14.8. The molecule has 0 saturated carbocycles. The van der Waals surface area contributed by atoms with Crippen molar-refractivity contribution in [3.63, 3.8) is 0 Å². The van der Waals surface area contributed by atoms with Crippen LogP contribution in [0.2, 0.25) is 0 Å². The average Bonchev–Trinajstić information content (AvgIpc) is 3.09. The van der Waals surface area contributed by atoms with E-state index in [2.05, 4.69) is 159 Å². The molecule has 222 valence electrons. The quantitative estimate of drug-likeness (QED) is 0.204. The Hall–Kier alpha value is -5.59. The third kappa shape index (κ3) is 4.11. The van der Waals surface area contributed by atoms with E-state index in [9.17, 15) is 5.26 Å². The Morgan fingerprint density at radius 3 is 1.54 bits per heavy atom. The zero-order valence-electron chi connectivity index (χ0n) is 26.6. The van der Waals surface area contributed by atoms with E-state index in [1.807, 2.05) is 24.3 Å². The number of para-hydroxylation sites is 3. The molecule has 3 heteroatoms. The number of hydrogen-bond acceptors (Lipinski definition) is 3. The third-order valence-corrected chi connectivity index (χ3v) is 10.1. The molecule has 46 heavy (non-hydrogen) atoms. The van der Waals surface area contributed by atoms with Crippen molar-refractivity contribution in [3.8, 4) is 17.2 Å². The summed E-state index contributed by atoms with van der Waals surface area (Å²) in [5, 5.41) is 9.35. The third-order valence-electron chi connectivity index (χ3n) is 10.1. The van der Waals surface area contributed by atoms with Gasteiger partial charge in [0.05, 0.1) is 34.4 Å². The second-order valence-corrected chi connectivity index (χ2v) is 13.4. The predicted octanol–water partition coefficient (Wildman–Crippen LogP) is 11.4. The van der Waals surface area contributed by atoms with Crippen LogP contribution in [-0.4, -0.2) is 0 Å². The van der Waals surface area contributed by atoms with E-state index in [4.69, 9.17) is 0 Å². The first kappa shape index (κ1) is 27.9. The maximum Gasteiger partial charge on any atom is 0.0991 e. The summed E-state index contributed by atoms with van der Waals surface area (Å²) in [6.07, 6.45) is 0. The second-order valence-electron chi connectivity index (χ2n) is 13.4. The molecule has 0 N–H and O–H groups in total. The molecule has 6 aromatic carbocycles. The van der Waals surface area contributed by atoms with Gasteiger partial charge in [-0.1, -0.05) is 100 Å². The molecule has 0 saturated heterocycles. The van der Waals surface area contributed by atoms with E-state index < -0.39 is 0 Å². The summed E-state index contributed by atoms with van der Waals surface area (Å²) in [5.74, 6) is 0. The minimum Gasteiger partial charge on any atom is -0.310 e. The van der Waals surface area contributed by atoms with Crippen molar-refractivity contribution >= 4 is 34.1 Å². The number of benzene rings is 6. The van der Waals surface area contributed by atoms with E-state index in [0.717, 1.165) is 22.5 Å². The molecule has 2 aliphatic rings. The van der Waals surface area contributed by atoms with Crippen LogP contribution in [0, 0.1) is 11.3 Å². The summed E-state index contributed by atoms with van der Waals surface area (Å²) in [6, 6.07) is 52.3. The topological polar surface area (TPSA) is 30.3 Å². The van der Waals surface area contributed by atoms with Crippen molar-refractivity contribution in [2.45, 2.75) is 38.5 Å². The van der Waals surface area contributed by atoms with Crippen molar-refractivity contribution in [3.05, 3.63) is 167 Å². The van der Waals surface area contributed by atoms with Gasteiger partial charge < -0.3 is 9.80 Å². The Balaban J connectivity index is 1.34. The molecule has 0 amide bonds. The van der Waals surface area contributed by atoms with Crippen LogP contribution in [0.1, 0.15) is 55.5 Å². The zero-order valence-corrected chi connectivity index (χ0v) is 26.6. The largest absolute Gasteiger partial charge is 0.310 e. The number of anilines is 6. The van der Waals surface area contributed by atoms with E-state index in [-0.39, 0.29) is 10.8 Å². The standard InChI is InChI=1S/C43H35N3/c1-42(2)34-14-8-10-16-38(34)46(39-17-11-9-15-35(39)42)33-23-25-41-37(27-33)43(3,4)36-26-31(30-20-18-29(28-44)19-21-30)22-24-40(36)45(41)32-12-6-5-7-13-32/h5-27H,1-4H3. The number of rotatable bonds is 3. The smallest absolute Gasteiger partial charge is 0.0991 e. The normalized spacial score (nSPS) is 15.2. The van der Waals surface area contributed by atoms with Gasteiger partial charge in [0.2, 0.25) is 0 Å². The highest BCUT2D eigenvalue weighted by atomic mass is 15.2. The molecule has 0 aromatic heterocycles. The molecule has 0 radical (unpaired) electrons. The van der Waals surface area contributed by atoms with Gasteiger partial charge in [-0.25, -0.2) is 0 Å². The average molecular weight is 594 g/mol. The van der Waals surface area contributed by atoms with Crippen LogP contribution >= 0.6 is 0 Å². The van der Waals surface area contributed by atoms with Crippen molar-refractivity contribution in [2.24, 2.45) is 0 Å². The highest BCUT2D eigenvalue weighted by Crippen LogP contribution is 2.56. The van der Waals surface area contributed by atoms with Gasteiger partial charge >= 0.3 is 0 Å².